The molecule has 0 aromatic heterocycles. The van der Waals surface area contributed by atoms with Gasteiger partial charge < -0.3 is 14.4 Å². The van der Waals surface area contributed by atoms with Crippen LogP contribution in [-0.2, 0) is 0 Å². The van der Waals surface area contributed by atoms with Crippen LogP contribution in [0.2, 0.25) is 0 Å². The molecule has 0 atom stereocenters. The van der Waals surface area contributed by atoms with Gasteiger partial charge in [0.2, 0.25) is 0 Å². The maximum atomic E-state index is 6.00. The lowest BCUT2D eigenvalue weighted by Crippen LogP contribution is -2.36. The number of ether oxygens (including phenoxy) is 2. The van der Waals surface area contributed by atoms with E-state index >= 15 is 0 Å². The maximum absolute atomic E-state index is 6.00. The molecule has 1 aliphatic carbocycles. The fourth-order valence-electron chi connectivity index (χ4n) is 2.49. The van der Waals surface area contributed by atoms with Crippen molar-refractivity contribution in [2.45, 2.75) is 25.1 Å². The van der Waals surface area contributed by atoms with Gasteiger partial charge in [-0.25, -0.2) is 0 Å². The number of likely N-dealkylation sites (N-methyl/N-ethyl adjacent to an activating group) is 1. The van der Waals surface area contributed by atoms with Crippen LogP contribution in [0, 0.1) is 5.92 Å². The summed E-state index contributed by atoms with van der Waals surface area (Å²) in [6.07, 6.45) is 2.31. The minimum atomic E-state index is 0.405. The molecular formula is C16H24ClNO2. The van der Waals surface area contributed by atoms with Crippen LogP contribution >= 0.6 is 11.6 Å². The average Bonchev–Trinajstić information content (AvgIpc) is 2.39. The Labute approximate surface area is 126 Å². The van der Waals surface area contributed by atoms with E-state index in [1.54, 1.807) is 0 Å². The van der Waals surface area contributed by atoms with Crippen molar-refractivity contribution < 1.29 is 9.47 Å². The number of halogens is 1. The highest BCUT2D eigenvalue weighted by atomic mass is 35.5. The lowest BCUT2D eigenvalue weighted by molar-refractivity contribution is 0.177. The zero-order valence-corrected chi connectivity index (χ0v) is 13.1. The van der Waals surface area contributed by atoms with Crippen molar-refractivity contribution in [3.05, 3.63) is 24.3 Å². The van der Waals surface area contributed by atoms with Crippen molar-refractivity contribution in [1.29, 1.82) is 0 Å². The fraction of sp³-hybridized carbons (Fsp3) is 0.625. The van der Waals surface area contributed by atoms with E-state index in [1.807, 2.05) is 31.2 Å². The summed E-state index contributed by atoms with van der Waals surface area (Å²) < 4.78 is 11.4. The lowest BCUT2D eigenvalue weighted by atomic mass is 9.84. The van der Waals surface area contributed by atoms with Crippen molar-refractivity contribution in [1.82, 2.24) is 4.90 Å². The quantitative estimate of drug-likeness (QED) is 0.686. The van der Waals surface area contributed by atoms with Crippen molar-refractivity contribution >= 4 is 11.6 Å². The van der Waals surface area contributed by atoms with E-state index in [1.165, 1.54) is 0 Å². The minimum absolute atomic E-state index is 0.405. The number of para-hydroxylation sites is 2. The Morgan fingerprint density at radius 2 is 1.85 bits per heavy atom. The summed E-state index contributed by atoms with van der Waals surface area (Å²) in [4.78, 5) is 2.32. The SMILES string of the molecule is CCOc1ccccc1OCCN(C)CC1CC(Cl)C1. The summed E-state index contributed by atoms with van der Waals surface area (Å²) in [5, 5.41) is 0.405. The molecule has 112 valence electrons. The molecule has 0 spiro atoms. The van der Waals surface area contributed by atoms with Crippen LogP contribution < -0.4 is 9.47 Å². The van der Waals surface area contributed by atoms with Crippen LogP contribution in [0.5, 0.6) is 11.5 Å². The van der Waals surface area contributed by atoms with Crippen LogP contribution in [0.25, 0.3) is 0 Å². The zero-order valence-electron chi connectivity index (χ0n) is 12.3. The normalized spacial score (nSPS) is 21.6. The summed E-state index contributed by atoms with van der Waals surface area (Å²) in [6, 6.07) is 7.83. The van der Waals surface area contributed by atoms with E-state index in [2.05, 4.69) is 11.9 Å². The standard InChI is InChI=1S/C16H24ClNO2/c1-3-19-15-6-4-5-7-16(15)20-9-8-18(2)12-13-10-14(17)11-13/h4-7,13-14H,3,8-12H2,1-2H3. The number of hydrogen-bond acceptors (Lipinski definition) is 3. The van der Waals surface area contributed by atoms with E-state index in [0.29, 0.717) is 18.6 Å². The number of benzene rings is 1. The Hall–Kier alpha value is -0.930. The fourth-order valence-corrected chi connectivity index (χ4v) is 3.00. The molecular weight excluding hydrogens is 274 g/mol. The Balaban J connectivity index is 1.69. The van der Waals surface area contributed by atoms with Gasteiger partial charge in [-0.15, -0.1) is 11.6 Å². The van der Waals surface area contributed by atoms with Crippen LogP contribution in [0.1, 0.15) is 19.8 Å². The van der Waals surface area contributed by atoms with E-state index in [4.69, 9.17) is 21.1 Å². The average molecular weight is 298 g/mol. The molecule has 0 unspecified atom stereocenters. The zero-order chi connectivity index (χ0) is 14.4. The molecule has 20 heavy (non-hydrogen) atoms. The predicted molar refractivity (Wildman–Crippen MR) is 83.0 cm³/mol. The van der Waals surface area contributed by atoms with Crippen molar-refractivity contribution in [2.75, 3.05) is 33.4 Å². The van der Waals surface area contributed by atoms with Gasteiger partial charge in [0.1, 0.15) is 6.61 Å². The summed E-state index contributed by atoms with van der Waals surface area (Å²) in [5.41, 5.74) is 0. The van der Waals surface area contributed by atoms with Crippen molar-refractivity contribution in [3.63, 3.8) is 0 Å². The highest BCUT2D eigenvalue weighted by molar-refractivity contribution is 6.21. The van der Waals surface area contributed by atoms with Crippen molar-refractivity contribution in [3.8, 4) is 11.5 Å². The third-order valence-electron chi connectivity index (χ3n) is 3.63. The largest absolute Gasteiger partial charge is 0.490 e. The summed E-state index contributed by atoms with van der Waals surface area (Å²) in [5.74, 6) is 2.41. The molecule has 0 aliphatic heterocycles. The Morgan fingerprint density at radius 3 is 2.45 bits per heavy atom. The van der Waals surface area contributed by atoms with Gasteiger partial charge in [-0.2, -0.15) is 0 Å². The first kappa shape index (κ1) is 15.5. The van der Waals surface area contributed by atoms with Gasteiger partial charge in [-0.05, 0) is 44.9 Å². The second kappa shape index (κ2) is 7.75. The number of hydrogen-bond donors (Lipinski definition) is 0. The van der Waals surface area contributed by atoms with Gasteiger partial charge in [0, 0.05) is 18.5 Å². The first-order valence-electron chi connectivity index (χ1n) is 7.36. The molecule has 0 radical (unpaired) electrons. The number of alkyl halides is 1. The first-order valence-corrected chi connectivity index (χ1v) is 7.80. The first-order chi connectivity index (χ1) is 9.69. The number of nitrogens with zero attached hydrogens (tertiary/aromatic N) is 1. The van der Waals surface area contributed by atoms with Crippen LogP contribution in [0.15, 0.2) is 24.3 Å². The molecule has 0 heterocycles. The Kier molecular flexibility index (Phi) is 5.99. The van der Waals surface area contributed by atoms with Gasteiger partial charge in [0.05, 0.1) is 6.61 Å². The molecule has 0 N–H and O–H groups in total. The second-order valence-electron chi connectivity index (χ2n) is 5.43. The molecule has 4 heteroatoms. The molecule has 1 aliphatic rings. The topological polar surface area (TPSA) is 21.7 Å². The van der Waals surface area contributed by atoms with Crippen LogP contribution in [0.3, 0.4) is 0 Å². The van der Waals surface area contributed by atoms with Gasteiger partial charge in [0.25, 0.3) is 0 Å². The van der Waals surface area contributed by atoms with Gasteiger partial charge in [-0.1, -0.05) is 12.1 Å². The smallest absolute Gasteiger partial charge is 0.161 e. The summed E-state index contributed by atoms with van der Waals surface area (Å²) in [6.45, 7) is 5.34. The molecule has 1 aromatic carbocycles. The maximum Gasteiger partial charge on any atom is 0.161 e. The summed E-state index contributed by atoms with van der Waals surface area (Å²) >= 11 is 6.00. The van der Waals surface area contributed by atoms with Crippen molar-refractivity contribution in [2.24, 2.45) is 5.92 Å². The van der Waals surface area contributed by atoms with Gasteiger partial charge in [-0.3, -0.25) is 0 Å². The van der Waals surface area contributed by atoms with Crippen LogP contribution in [0.4, 0.5) is 0 Å². The highest BCUT2D eigenvalue weighted by Gasteiger charge is 2.27. The predicted octanol–water partition coefficient (Wildman–Crippen LogP) is 3.41. The number of rotatable bonds is 8. The Morgan fingerprint density at radius 1 is 1.20 bits per heavy atom. The molecule has 3 nitrogen and oxygen atoms in total. The monoisotopic (exact) mass is 297 g/mol. The lowest BCUT2D eigenvalue weighted by Gasteiger charge is -2.34. The molecule has 1 aromatic rings. The van der Waals surface area contributed by atoms with Crippen LogP contribution in [-0.4, -0.2) is 43.6 Å². The third kappa shape index (κ3) is 4.57. The summed E-state index contributed by atoms with van der Waals surface area (Å²) in [7, 11) is 2.14. The minimum Gasteiger partial charge on any atom is -0.490 e. The molecule has 1 fully saturated rings. The van der Waals surface area contributed by atoms with Gasteiger partial charge in [0.15, 0.2) is 11.5 Å². The van der Waals surface area contributed by atoms with E-state index in [9.17, 15) is 0 Å². The Bertz CT molecular complexity index is 407. The second-order valence-corrected chi connectivity index (χ2v) is 6.04. The molecule has 0 bridgehead atoms. The molecule has 0 amide bonds. The van der Waals surface area contributed by atoms with E-state index < -0.39 is 0 Å². The van der Waals surface area contributed by atoms with E-state index in [0.717, 1.165) is 43.3 Å². The molecule has 1 saturated carbocycles. The third-order valence-corrected chi connectivity index (χ3v) is 3.98. The van der Waals surface area contributed by atoms with E-state index in [-0.39, 0.29) is 0 Å². The van der Waals surface area contributed by atoms with Gasteiger partial charge >= 0.3 is 0 Å². The highest BCUT2D eigenvalue weighted by Crippen LogP contribution is 2.32. The molecule has 0 saturated heterocycles. The molecule has 2 rings (SSSR count).